The smallest absolute Gasteiger partial charge is 0.224 e. The van der Waals surface area contributed by atoms with Gasteiger partial charge in [-0.1, -0.05) is 38.5 Å². The van der Waals surface area contributed by atoms with Crippen LogP contribution in [0.15, 0.2) is 0 Å². The molecule has 3 nitrogen and oxygen atoms in total. The van der Waals surface area contributed by atoms with Crippen LogP contribution in [0.2, 0.25) is 0 Å². The first-order chi connectivity index (χ1) is 10.8. The molecule has 0 aromatic carbocycles. The Morgan fingerprint density at radius 3 is 2.50 bits per heavy atom. The Morgan fingerprint density at radius 2 is 1.64 bits per heavy atom. The molecule has 1 N–H and O–H groups in total. The summed E-state index contributed by atoms with van der Waals surface area (Å²) in [6.07, 6.45) is 15.8. The molecule has 3 fully saturated rings. The Hall–Kier alpha value is -0.570. The van der Waals surface area contributed by atoms with E-state index in [9.17, 15) is 4.79 Å². The van der Waals surface area contributed by atoms with Crippen molar-refractivity contribution in [2.75, 3.05) is 19.6 Å². The average Bonchev–Trinajstić information content (AvgIpc) is 3.02. The van der Waals surface area contributed by atoms with Gasteiger partial charge in [0.05, 0.1) is 5.92 Å². The van der Waals surface area contributed by atoms with Crippen molar-refractivity contribution >= 4 is 5.91 Å². The number of fused-ring (bicyclic) bond motifs is 1. The van der Waals surface area contributed by atoms with E-state index in [1.807, 2.05) is 0 Å². The summed E-state index contributed by atoms with van der Waals surface area (Å²) in [6.45, 7) is 3.38. The zero-order valence-electron chi connectivity index (χ0n) is 14.2. The van der Waals surface area contributed by atoms with E-state index in [1.54, 1.807) is 0 Å². The molecule has 1 saturated heterocycles. The highest BCUT2D eigenvalue weighted by Crippen LogP contribution is 2.33. The SMILES string of the molecule is O=C1NCCCCCCN(CC2CCCCC2)C2CCCC12. The van der Waals surface area contributed by atoms with Gasteiger partial charge < -0.3 is 5.32 Å². The van der Waals surface area contributed by atoms with Crippen molar-refractivity contribution in [2.24, 2.45) is 11.8 Å². The Labute approximate surface area is 136 Å². The third-order valence-electron chi connectivity index (χ3n) is 6.17. The number of nitrogens with zero attached hydrogens (tertiary/aromatic N) is 1. The molecule has 2 atom stereocenters. The fraction of sp³-hybridized carbons (Fsp3) is 0.947. The summed E-state index contributed by atoms with van der Waals surface area (Å²) in [5, 5.41) is 3.21. The molecule has 3 aliphatic rings. The third kappa shape index (κ3) is 4.24. The minimum atomic E-state index is 0.265. The predicted molar refractivity (Wildman–Crippen MR) is 90.8 cm³/mol. The van der Waals surface area contributed by atoms with Gasteiger partial charge in [0.15, 0.2) is 0 Å². The van der Waals surface area contributed by atoms with Crippen LogP contribution in [0.4, 0.5) is 0 Å². The molecular formula is C19H34N2O. The minimum Gasteiger partial charge on any atom is -0.356 e. The number of hydrogen-bond acceptors (Lipinski definition) is 2. The molecule has 1 aliphatic heterocycles. The third-order valence-corrected chi connectivity index (χ3v) is 6.17. The maximum atomic E-state index is 12.5. The molecule has 22 heavy (non-hydrogen) atoms. The lowest BCUT2D eigenvalue weighted by Crippen LogP contribution is -2.46. The Morgan fingerprint density at radius 1 is 0.864 bits per heavy atom. The summed E-state index contributed by atoms with van der Waals surface area (Å²) >= 11 is 0. The molecule has 1 heterocycles. The van der Waals surface area contributed by atoms with Gasteiger partial charge in [-0.3, -0.25) is 9.69 Å². The largest absolute Gasteiger partial charge is 0.356 e. The van der Waals surface area contributed by atoms with Crippen LogP contribution in [0.1, 0.15) is 77.0 Å². The van der Waals surface area contributed by atoms with Gasteiger partial charge in [0.25, 0.3) is 0 Å². The monoisotopic (exact) mass is 306 g/mol. The van der Waals surface area contributed by atoms with Crippen molar-refractivity contribution in [1.82, 2.24) is 10.2 Å². The fourth-order valence-electron chi connectivity index (χ4n) is 4.91. The van der Waals surface area contributed by atoms with Crippen LogP contribution in [-0.2, 0) is 4.79 Å². The number of hydrogen-bond donors (Lipinski definition) is 1. The highest BCUT2D eigenvalue weighted by molar-refractivity contribution is 5.79. The van der Waals surface area contributed by atoms with E-state index < -0.39 is 0 Å². The number of rotatable bonds is 2. The maximum absolute atomic E-state index is 12.5. The second kappa shape index (κ2) is 8.33. The van der Waals surface area contributed by atoms with Gasteiger partial charge in [0.2, 0.25) is 5.91 Å². The maximum Gasteiger partial charge on any atom is 0.224 e. The van der Waals surface area contributed by atoms with Crippen LogP contribution in [0.25, 0.3) is 0 Å². The van der Waals surface area contributed by atoms with Crippen molar-refractivity contribution in [3.8, 4) is 0 Å². The van der Waals surface area contributed by atoms with Crippen LogP contribution in [-0.4, -0.2) is 36.5 Å². The quantitative estimate of drug-likeness (QED) is 0.843. The molecule has 0 spiro atoms. The van der Waals surface area contributed by atoms with Crippen LogP contribution < -0.4 is 5.32 Å². The summed E-state index contributed by atoms with van der Waals surface area (Å²) in [5.41, 5.74) is 0. The Kier molecular flexibility index (Phi) is 6.17. The van der Waals surface area contributed by atoms with E-state index in [1.165, 1.54) is 77.3 Å². The average molecular weight is 306 g/mol. The highest BCUT2D eigenvalue weighted by atomic mass is 16.1. The normalized spacial score (nSPS) is 33.0. The summed E-state index contributed by atoms with van der Waals surface area (Å²) in [5.74, 6) is 1.50. The molecule has 2 saturated carbocycles. The second-order valence-corrected chi connectivity index (χ2v) is 7.81. The van der Waals surface area contributed by atoms with Crippen LogP contribution in [0.5, 0.6) is 0 Å². The van der Waals surface area contributed by atoms with Crippen molar-refractivity contribution in [3.63, 3.8) is 0 Å². The molecule has 0 aromatic heterocycles. The van der Waals surface area contributed by atoms with Gasteiger partial charge >= 0.3 is 0 Å². The van der Waals surface area contributed by atoms with Gasteiger partial charge in [-0.2, -0.15) is 0 Å². The first kappa shape index (κ1) is 16.3. The zero-order valence-corrected chi connectivity index (χ0v) is 14.2. The van der Waals surface area contributed by atoms with E-state index in [4.69, 9.17) is 0 Å². The summed E-state index contributed by atoms with van der Waals surface area (Å²) in [7, 11) is 0. The number of carbonyl (C=O) groups is 1. The zero-order chi connectivity index (χ0) is 15.2. The van der Waals surface area contributed by atoms with E-state index in [0.29, 0.717) is 11.9 Å². The molecule has 3 rings (SSSR count). The van der Waals surface area contributed by atoms with E-state index in [0.717, 1.165) is 25.3 Å². The topological polar surface area (TPSA) is 32.3 Å². The molecule has 2 aliphatic carbocycles. The number of nitrogens with one attached hydrogen (secondary N) is 1. The lowest BCUT2D eigenvalue weighted by atomic mass is 9.88. The molecule has 0 bridgehead atoms. The van der Waals surface area contributed by atoms with Crippen LogP contribution >= 0.6 is 0 Å². The molecule has 2 unspecified atom stereocenters. The van der Waals surface area contributed by atoms with Gasteiger partial charge in [-0.15, -0.1) is 0 Å². The first-order valence-electron chi connectivity index (χ1n) is 9.86. The molecule has 126 valence electrons. The minimum absolute atomic E-state index is 0.265. The summed E-state index contributed by atoms with van der Waals surface area (Å²) in [6, 6.07) is 0.528. The number of carbonyl (C=O) groups excluding carboxylic acids is 1. The van der Waals surface area contributed by atoms with E-state index in [-0.39, 0.29) is 5.92 Å². The van der Waals surface area contributed by atoms with Crippen molar-refractivity contribution in [2.45, 2.75) is 83.1 Å². The highest BCUT2D eigenvalue weighted by Gasteiger charge is 2.37. The van der Waals surface area contributed by atoms with E-state index >= 15 is 0 Å². The molecule has 0 radical (unpaired) electrons. The van der Waals surface area contributed by atoms with E-state index in [2.05, 4.69) is 10.2 Å². The second-order valence-electron chi connectivity index (χ2n) is 7.81. The fourth-order valence-corrected chi connectivity index (χ4v) is 4.91. The van der Waals surface area contributed by atoms with Crippen LogP contribution in [0, 0.1) is 11.8 Å². The van der Waals surface area contributed by atoms with Crippen molar-refractivity contribution in [1.29, 1.82) is 0 Å². The summed E-state index contributed by atoms with van der Waals surface area (Å²) in [4.78, 5) is 15.3. The number of amides is 1. The standard InChI is InChI=1S/C19H34N2O/c22-19-17-11-8-12-18(17)21(14-7-2-1-6-13-20-19)15-16-9-4-3-5-10-16/h16-18H,1-15H2,(H,20,22). The Balaban J connectivity index is 1.66. The lowest BCUT2D eigenvalue weighted by molar-refractivity contribution is -0.126. The Bertz CT molecular complexity index is 351. The molecule has 0 aromatic rings. The van der Waals surface area contributed by atoms with Gasteiger partial charge in [0, 0.05) is 19.1 Å². The van der Waals surface area contributed by atoms with Gasteiger partial charge in [-0.05, 0) is 51.0 Å². The van der Waals surface area contributed by atoms with Crippen molar-refractivity contribution < 1.29 is 4.79 Å². The first-order valence-corrected chi connectivity index (χ1v) is 9.86. The van der Waals surface area contributed by atoms with Crippen LogP contribution in [0.3, 0.4) is 0 Å². The molecular weight excluding hydrogens is 272 g/mol. The summed E-state index contributed by atoms with van der Waals surface area (Å²) < 4.78 is 0. The molecule has 1 amide bonds. The lowest BCUT2D eigenvalue weighted by Gasteiger charge is -2.36. The predicted octanol–water partition coefficient (Wildman–Crippen LogP) is 3.73. The van der Waals surface area contributed by atoms with Gasteiger partial charge in [-0.25, -0.2) is 0 Å². The molecule has 3 heteroatoms. The van der Waals surface area contributed by atoms with Gasteiger partial charge in [0.1, 0.15) is 0 Å². The van der Waals surface area contributed by atoms with Crippen molar-refractivity contribution in [3.05, 3.63) is 0 Å².